The summed E-state index contributed by atoms with van der Waals surface area (Å²) in [5.41, 5.74) is 1.96. The Morgan fingerprint density at radius 2 is 2.05 bits per heavy atom. The minimum Gasteiger partial charge on any atom is -0.305 e. The van der Waals surface area contributed by atoms with Gasteiger partial charge in [-0.2, -0.15) is 0 Å². The fourth-order valence-electron chi connectivity index (χ4n) is 3.19. The lowest BCUT2D eigenvalue weighted by atomic mass is 10.1. The van der Waals surface area contributed by atoms with Crippen LogP contribution in [0.4, 0.5) is 0 Å². The number of hydrogen-bond donors (Lipinski definition) is 1. The highest BCUT2D eigenvalue weighted by Gasteiger charge is 2.28. The molecule has 0 spiro atoms. The summed E-state index contributed by atoms with van der Waals surface area (Å²) in [5, 5.41) is 0. The molecule has 0 aliphatic carbocycles. The number of aromatic nitrogens is 2. The Morgan fingerprint density at radius 3 is 2.84 bits per heavy atom. The monoisotopic (exact) mass is 259 g/mol. The Labute approximate surface area is 113 Å². The third kappa shape index (κ3) is 2.10. The molecule has 1 N–H and O–H groups in total. The predicted octanol–water partition coefficient (Wildman–Crippen LogP) is 2.72. The molecule has 0 radical (unpaired) electrons. The van der Waals surface area contributed by atoms with Crippen molar-refractivity contribution in [2.45, 2.75) is 45.3 Å². The Kier molecular flexibility index (Phi) is 3.19. The normalized spacial score (nSPS) is 21.3. The number of nitrogens with zero attached hydrogens (tertiary/aromatic N) is 2. The molecule has 1 aliphatic rings. The number of rotatable bonds is 2. The first kappa shape index (κ1) is 12.5. The maximum absolute atomic E-state index is 12.3. The molecule has 4 nitrogen and oxygen atoms in total. The van der Waals surface area contributed by atoms with Gasteiger partial charge in [0.05, 0.1) is 17.2 Å². The van der Waals surface area contributed by atoms with Gasteiger partial charge in [-0.25, -0.2) is 4.79 Å². The molecule has 1 fully saturated rings. The van der Waals surface area contributed by atoms with Gasteiger partial charge in [-0.3, -0.25) is 9.47 Å². The molecule has 0 saturated carbocycles. The van der Waals surface area contributed by atoms with E-state index >= 15 is 0 Å². The Bertz CT molecular complexity index is 626. The van der Waals surface area contributed by atoms with Crippen LogP contribution in [0, 0.1) is 0 Å². The topological polar surface area (TPSA) is 41.0 Å². The molecule has 0 amide bonds. The van der Waals surface area contributed by atoms with Gasteiger partial charge < -0.3 is 4.98 Å². The molecule has 2 aromatic rings. The molecule has 1 saturated heterocycles. The number of para-hydroxylation sites is 2. The maximum atomic E-state index is 12.3. The maximum Gasteiger partial charge on any atom is 0.327 e. The summed E-state index contributed by atoms with van der Waals surface area (Å²) in [4.78, 5) is 17.7. The van der Waals surface area contributed by atoms with Crippen molar-refractivity contribution in [1.29, 1.82) is 0 Å². The largest absolute Gasteiger partial charge is 0.327 e. The SMILES string of the molecule is CC(C)N1CCCCC1n1c(=O)[nH]c2ccccc21. The molecule has 4 heteroatoms. The minimum atomic E-state index is 0.0127. The number of imidazole rings is 1. The zero-order chi connectivity index (χ0) is 13.4. The van der Waals surface area contributed by atoms with Gasteiger partial charge in [-0.15, -0.1) is 0 Å². The first-order valence-electron chi connectivity index (χ1n) is 7.13. The van der Waals surface area contributed by atoms with Crippen molar-refractivity contribution >= 4 is 11.0 Å². The highest BCUT2D eigenvalue weighted by molar-refractivity contribution is 5.75. The van der Waals surface area contributed by atoms with Gasteiger partial charge in [0.2, 0.25) is 0 Å². The van der Waals surface area contributed by atoms with Gasteiger partial charge in [-0.05, 0) is 45.2 Å². The van der Waals surface area contributed by atoms with Crippen LogP contribution in [0.15, 0.2) is 29.1 Å². The number of piperidine rings is 1. The van der Waals surface area contributed by atoms with Gasteiger partial charge in [-0.1, -0.05) is 12.1 Å². The summed E-state index contributed by atoms with van der Waals surface area (Å²) in [6.07, 6.45) is 3.67. The van der Waals surface area contributed by atoms with E-state index < -0.39 is 0 Å². The van der Waals surface area contributed by atoms with E-state index in [1.165, 1.54) is 12.8 Å². The Hall–Kier alpha value is -1.55. The minimum absolute atomic E-state index is 0.0127. The smallest absolute Gasteiger partial charge is 0.305 e. The number of H-pyrrole nitrogens is 1. The number of fused-ring (bicyclic) bond motifs is 1. The number of benzene rings is 1. The average molecular weight is 259 g/mol. The molecular formula is C15H21N3O. The standard InChI is InChI=1S/C15H21N3O/c1-11(2)17-10-6-5-9-14(17)18-13-8-4-3-7-12(13)16-15(18)19/h3-4,7-8,11,14H,5-6,9-10H2,1-2H3,(H,16,19). The van der Waals surface area contributed by atoms with Crippen LogP contribution in [-0.4, -0.2) is 27.0 Å². The number of aromatic amines is 1. The van der Waals surface area contributed by atoms with Crippen molar-refractivity contribution in [1.82, 2.24) is 14.5 Å². The molecule has 2 heterocycles. The van der Waals surface area contributed by atoms with Gasteiger partial charge in [0.25, 0.3) is 0 Å². The van der Waals surface area contributed by atoms with E-state index in [9.17, 15) is 4.79 Å². The van der Waals surface area contributed by atoms with E-state index in [1.54, 1.807) is 0 Å². The van der Waals surface area contributed by atoms with Crippen LogP contribution in [0.5, 0.6) is 0 Å². The number of nitrogens with one attached hydrogen (secondary N) is 1. The third-order valence-corrected chi connectivity index (χ3v) is 4.10. The third-order valence-electron chi connectivity index (χ3n) is 4.10. The first-order valence-corrected chi connectivity index (χ1v) is 7.13. The molecular weight excluding hydrogens is 238 g/mol. The van der Waals surface area contributed by atoms with E-state index in [0.717, 1.165) is 24.0 Å². The second kappa shape index (κ2) is 4.85. The van der Waals surface area contributed by atoms with E-state index in [2.05, 4.69) is 23.7 Å². The zero-order valence-corrected chi connectivity index (χ0v) is 11.6. The molecule has 1 unspecified atom stereocenters. The molecule has 1 aliphatic heterocycles. The molecule has 1 atom stereocenters. The van der Waals surface area contributed by atoms with E-state index in [-0.39, 0.29) is 11.9 Å². The lowest BCUT2D eigenvalue weighted by molar-refractivity contribution is 0.0649. The molecule has 1 aromatic carbocycles. The molecule has 1 aromatic heterocycles. The van der Waals surface area contributed by atoms with Crippen molar-refractivity contribution in [3.8, 4) is 0 Å². The molecule has 3 rings (SSSR count). The first-order chi connectivity index (χ1) is 9.18. The van der Waals surface area contributed by atoms with Gasteiger partial charge in [0.1, 0.15) is 0 Å². The summed E-state index contributed by atoms with van der Waals surface area (Å²) in [6, 6.07) is 8.42. The van der Waals surface area contributed by atoms with Gasteiger partial charge in [0.15, 0.2) is 0 Å². The highest BCUT2D eigenvalue weighted by Crippen LogP contribution is 2.29. The second-order valence-corrected chi connectivity index (χ2v) is 5.63. The van der Waals surface area contributed by atoms with Crippen molar-refractivity contribution in [2.75, 3.05) is 6.54 Å². The van der Waals surface area contributed by atoms with Crippen LogP contribution in [0.2, 0.25) is 0 Å². The van der Waals surface area contributed by atoms with E-state index in [1.807, 2.05) is 28.8 Å². The quantitative estimate of drug-likeness (QED) is 0.901. The van der Waals surface area contributed by atoms with E-state index in [4.69, 9.17) is 0 Å². The lowest BCUT2D eigenvalue weighted by Gasteiger charge is -2.39. The molecule has 0 bridgehead atoms. The summed E-state index contributed by atoms with van der Waals surface area (Å²) >= 11 is 0. The molecule has 19 heavy (non-hydrogen) atoms. The summed E-state index contributed by atoms with van der Waals surface area (Å²) in [6.45, 7) is 5.49. The van der Waals surface area contributed by atoms with Crippen molar-refractivity contribution in [3.63, 3.8) is 0 Å². The van der Waals surface area contributed by atoms with Crippen LogP contribution >= 0.6 is 0 Å². The summed E-state index contributed by atoms with van der Waals surface area (Å²) in [5.74, 6) is 0. The highest BCUT2D eigenvalue weighted by atomic mass is 16.1. The van der Waals surface area contributed by atoms with Crippen molar-refractivity contribution in [3.05, 3.63) is 34.7 Å². The fourth-order valence-corrected chi connectivity index (χ4v) is 3.19. The second-order valence-electron chi connectivity index (χ2n) is 5.63. The van der Waals surface area contributed by atoms with Crippen LogP contribution in [-0.2, 0) is 0 Å². The Morgan fingerprint density at radius 1 is 1.26 bits per heavy atom. The predicted molar refractivity (Wildman–Crippen MR) is 77.3 cm³/mol. The fraction of sp³-hybridized carbons (Fsp3) is 0.533. The Balaban J connectivity index is 2.12. The van der Waals surface area contributed by atoms with Gasteiger partial charge >= 0.3 is 5.69 Å². The van der Waals surface area contributed by atoms with Crippen molar-refractivity contribution < 1.29 is 0 Å². The van der Waals surface area contributed by atoms with Crippen molar-refractivity contribution in [2.24, 2.45) is 0 Å². The molecule has 102 valence electrons. The lowest BCUT2D eigenvalue weighted by Crippen LogP contribution is -2.43. The summed E-state index contributed by atoms with van der Waals surface area (Å²) in [7, 11) is 0. The van der Waals surface area contributed by atoms with Crippen LogP contribution in [0.1, 0.15) is 39.3 Å². The van der Waals surface area contributed by atoms with Crippen LogP contribution in [0.3, 0.4) is 0 Å². The number of hydrogen-bond acceptors (Lipinski definition) is 2. The number of likely N-dealkylation sites (tertiary alicyclic amines) is 1. The summed E-state index contributed by atoms with van der Waals surface area (Å²) < 4.78 is 1.94. The van der Waals surface area contributed by atoms with Gasteiger partial charge in [0, 0.05) is 12.6 Å². The van der Waals surface area contributed by atoms with Crippen LogP contribution in [0.25, 0.3) is 11.0 Å². The average Bonchev–Trinajstić information content (AvgIpc) is 2.74. The van der Waals surface area contributed by atoms with Crippen LogP contribution < -0.4 is 5.69 Å². The zero-order valence-electron chi connectivity index (χ0n) is 11.6. The van der Waals surface area contributed by atoms with E-state index in [0.29, 0.717) is 6.04 Å².